The lowest BCUT2D eigenvalue weighted by molar-refractivity contribution is -0.128. The number of ether oxygens (including phenoxy) is 4. The number of carbonyl (C=O) groups excluding carboxylic acids is 1. The number of hydrogen-bond donors (Lipinski definition) is 0. The first kappa shape index (κ1) is 30.3. The third-order valence-electron chi connectivity index (χ3n) is 6.49. The van der Waals surface area contributed by atoms with E-state index in [1.54, 1.807) is 14.2 Å². The topological polar surface area (TPSA) is 57.2 Å². The molecule has 0 bridgehead atoms. The van der Waals surface area contributed by atoms with Crippen LogP contribution in [0, 0.1) is 0 Å². The van der Waals surface area contributed by atoms with Crippen LogP contribution in [0.25, 0.3) is 0 Å². The molecule has 1 aliphatic heterocycles. The van der Waals surface area contributed by atoms with E-state index in [0.717, 1.165) is 66.9 Å². The van der Waals surface area contributed by atoms with Crippen molar-refractivity contribution in [3.8, 4) is 23.0 Å². The molecule has 1 heterocycles. The minimum Gasteiger partial charge on any atom is -0.493 e. The van der Waals surface area contributed by atoms with Gasteiger partial charge in [-0.3, -0.25) is 4.79 Å². The normalized spacial score (nSPS) is 14.7. The van der Waals surface area contributed by atoms with Crippen LogP contribution in [0.4, 0.5) is 0 Å². The summed E-state index contributed by atoms with van der Waals surface area (Å²) < 4.78 is 22.9. The fourth-order valence-corrected chi connectivity index (χ4v) is 4.43. The minimum atomic E-state index is 0.134. The second kappa shape index (κ2) is 16.8. The third kappa shape index (κ3) is 9.17. The zero-order chi connectivity index (χ0) is 27.0. The van der Waals surface area contributed by atoms with E-state index in [2.05, 4.69) is 13.8 Å². The average Bonchev–Trinajstić information content (AvgIpc) is 3.30. The lowest BCUT2D eigenvalue weighted by Gasteiger charge is -2.19. The Morgan fingerprint density at radius 1 is 0.784 bits per heavy atom. The summed E-state index contributed by atoms with van der Waals surface area (Å²) in [5.74, 6) is 3.25. The summed E-state index contributed by atoms with van der Waals surface area (Å²) in [6, 6.07) is 12.0. The predicted octanol–water partition coefficient (Wildman–Crippen LogP) is 7.38. The number of nitrogens with zero attached hydrogens (tertiary/aromatic N) is 1. The van der Waals surface area contributed by atoms with Gasteiger partial charge < -0.3 is 23.8 Å². The molecule has 37 heavy (non-hydrogen) atoms. The Bertz CT molecular complexity index is 945. The van der Waals surface area contributed by atoms with E-state index >= 15 is 0 Å². The zero-order valence-electron chi connectivity index (χ0n) is 23.8. The summed E-state index contributed by atoms with van der Waals surface area (Å²) >= 11 is 0. The maximum atomic E-state index is 12.9. The number of unbranched alkanes of at least 4 members (excludes halogenated alkanes) is 4. The summed E-state index contributed by atoms with van der Waals surface area (Å²) in [4.78, 5) is 14.8. The number of rotatable bonds is 15. The van der Waals surface area contributed by atoms with Gasteiger partial charge in [0.05, 0.1) is 27.4 Å². The number of hydrogen-bond acceptors (Lipinski definition) is 5. The van der Waals surface area contributed by atoms with E-state index in [-0.39, 0.29) is 11.8 Å². The third-order valence-corrected chi connectivity index (χ3v) is 6.49. The predicted molar refractivity (Wildman–Crippen MR) is 150 cm³/mol. The summed E-state index contributed by atoms with van der Waals surface area (Å²) in [5.41, 5.74) is 2.15. The first-order valence-corrected chi connectivity index (χ1v) is 14.0. The van der Waals surface area contributed by atoms with Crippen molar-refractivity contribution in [1.29, 1.82) is 0 Å². The van der Waals surface area contributed by atoms with Crippen molar-refractivity contribution in [3.63, 3.8) is 0 Å². The van der Waals surface area contributed by atoms with E-state index in [9.17, 15) is 4.79 Å². The van der Waals surface area contributed by atoms with Crippen LogP contribution in [0.5, 0.6) is 23.0 Å². The van der Waals surface area contributed by atoms with Crippen LogP contribution in [0.15, 0.2) is 36.4 Å². The van der Waals surface area contributed by atoms with Crippen LogP contribution < -0.4 is 18.9 Å². The molecule has 1 fully saturated rings. The Labute approximate surface area is 224 Å². The highest BCUT2D eigenvalue weighted by Gasteiger charge is 2.31. The standard InChI is InChI=1S/C29H41NO5.C2H6/c1-5-7-9-15-34-26-13-11-22(17-27(26)33-4)20-30-21-24(19-29(30)31)23-12-14-25(32-3)28(18-23)35-16-10-8-6-2;1-2/h11-14,17-18,24H,5-10,15-16,19-21H2,1-4H3;1-2H3. The van der Waals surface area contributed by atoms with E-state index in [1.807, 2.05) is 55.1 Å². The van der Waals surface area contributed by atoms with Crippen LogP contribution >= 0.6 is 0 Å². The smallest absolute Gasteiger partial charge is 0.223 e. The molecule has 1 aliphatic rings. The summed E-state index contributed by atoms with van der Waals surface area (Å²) in [6.45, 7) is 10.9. The SMILES string of the molecule is CC.CCCCCOc1ccc(CN2CC(c3ccc(OC)c(OCCCCC)c3)CC2=O)cc1OC. The average molecular weight is 514 g/mol. The van der Waals surface area contributed by atoms with Crippen LogP contribution in [0.2, 0.25) is 0 Å². The highest BCUT2D eigenvalue weighted by atomic mass is 16.5. The van der Waals surface area contributed by atoms with Gasteiger partial charge in [-0.25, -0.2) is 0 Å². The molecule has 6 heteroatoms. The Morgan fingerprint density at radius 3 is 2.03 bits per heavy atom. The molecule has 0 spiro atoms. The molecular weight excluding hydrogens is 466 g/mol. The largest absolute Gasteiger partial charge is 0.493 e. The molecule has 0 saturated carbocycles. The molecule has 2 aromatic carbocycles. The van der Waals surface area contributed by atoms with Gasteiger partial charge in [0.2, 0.25) is 5.91 Å². The zero-order valence-corrected chi connectivity index (χ0v) is 23.8. The monoisotopic (exact) mass is 513 g/mol. The molecule has 3 rings (SSSR count). The lowest BCUT2D eigenvalue weighted by atomic mass is 9.98. The van der Waals surface area contributed by atoms with Crippen molar-refractivity contribution >= 4 is 5.91 Å². The fourth-order valence-electron chi connectivity index (χ4n) is 4.43. The van der Waals surface area contributed by atoms with Crippen molar-refractivity contribution in [1.82, 2.24) is 4.90 Å². The van der Waals surface area contributed by atoms with Crippen molar-refractivity contribution in [2.24, 2.45) is 0 Å². The Kier molecular flexibility index (Phi) is 13.8. The van der Waals surface area contributed by atoms with Gasteiger partial charge in [0.25, 0.3) is 0 Å². The van der Waals surface area contributed by atoms with E-state index in [4.69, 9.17) is 18.9 Å². The van der Waals surface area contributed by atoms with Gasteiger partial charge in [0.1, 0.15) is 0 Å². The number of amides is 1. The van der Waals surface area contributed by atoms with Gasteiger partial charge in [0.15, 0.2) is 23.0 Å². The lowest BCUT2D eigenvalue weighted by Crippen LogP contribution is -2.24. The van der Waals surface area contributed by atoms with Gasteiger partial charge in [-0.1, -0.05) is 65.5 Å². The van der Waals surface area contributed by atoms with Crippen molar-refractivity contribution in [2.75, 3.05) is 34.0 Å². The Balaban J connectivity index is 0.00000235. The van der Waals surface area contributed by atoms with Gasteiger partial charge >= 0.3 is 0 Å². The maximum absolute atomic E-state index is 12.9. The first-order chi connectivity index (χ1) is 18.1. The van der Waals surface area contributed by atoms with Gasteiger partial charge in [-0.05, 0) is 48.2 Å². The molecule has 1 saturated heterocycles. The quantitative estimate of drug-likeness (QED) is 0.233. The molecule has 1 amide bonds. The van der Waals surface area contributed by atoms with E-state index in [0.29, 0.717) is 38.5 Å². The maximum Gasteiger partial charge on any atom is 0.223 e. The summed E-state index contributed by atoms with van der Waals surface area (Å²) in [5, 5.41) is 0. The molecule has 0 aliphatic carbocycles. The van der Waals surface area contributed by atoms with Crippen molar-refractivity contribution in [3.05, 3.63) is 47.5 Å². The molecule has 0 N–H and O–H groups in total. The molecule has 206 valence electrons. The second-order valence-electron chi connectivity index (χ2n) is 9.18. The second-order valence-corrected chi connectivity index (χ2v) is 9.18. The van der Waals surface area contributed by atoms with Gasteiger partial charge in [-0.2, -0.15) is 0 Å². The number of likely N-dealkylation sites (tertiary alicyclic amines) is 1. The minimum absolute atomic E-state index is 0.134. The van der Waals surface area contributed by atoms with Crippen LogP contribution in [0.1, 0.15) is 89.7 Å². The highest BCUT2D eigenvalue weighted by molar-refractivity contribution is 5.80. The molecule has 0 radical (unpaired) electrons. The van der Waals surface area contributed by atoms with Crippen LogP contribution in [-0.4, -0.2) is 44.8 Å². The first-order valence-electron chi connectivity index (χ1n) is 14.0. The molecule has 1 unspecified atom stereocenters. The van der Waals surface area contributed by atoms with Crippen molar-refractivity contribution in [2.45, 2.75) is 85.1 Å². The van der Waals surface area contributed by atoms with E-state index < -0.39 is 0 Å². The highest BCUT2D eigenvalue weighted by Crippen LogP contribution is 2.36. The van der Waals surface area contributed by atoms with Gasteiger partial charge in [-0.15, -0.1) is 0 Å². The van der Waals surface area contributed by atoms with Crippen LogP contribution in [0.3, 0.4) is 0 Å². The molecule has 2 aromatic rings. The number of methoxy groups -OCH3 is 2. The summed E-state index contributed by atoms with van der Waals surface area (Å²) in [6.07, 6.45) is 7.16. The summed E-state index contributed by atoms with van der Waals surface area (Å²) in [7, 11) is 3.31. The molecular formula is C31H47NO5. The Morgan fingerprint density at radius 2 is 1.41 bits per heavy atom. The van der Waals surface area contributed by atoms with Crippen molar-refractivity contribution < 1.29 is 23.7 Å². The molecule has 1 atom stereocenters. The molecule has 6 nitrogen and oxygen atoms in total. The van der Waals surface area contributed by atoms with Crippen LogP contribution in [-0.2, 0) is 11.3 Å². The van der Waals surface area contributed by atoms with E-state index in [1.165, 1.54) is 0 Å². The Hall–Kier alpha value is -2.89. The number of benzene rings is 2. The molecule has 0 aromatic heterocycles. The number of carbonyl (C=O) groups is 1. The fraction of sp³-hybridized carbons (Fsp3) is 0.581. The van der Waals surface area contributed by atoms with Gasteiger partial charge in [0, 0.05) is 25.4 Å².